The van der Waals surface area contributed by atoms with Crippen molar-refractivity contribution in [3.63, 3.8) is 0 Å². The average molecular weight is 1380 g/mol. The Morgan fingerprint density at radius 1 is 0.747 bits per heavy atom. The van der Waals surface area contributed by atoms with E-state index in [0.717, 1.165) is 172 Å². The van der Waals surface area contributed by atoms with Crippen LogP contribution in [0.4, 0.5) is 4.39 Å². The number of likely N-dealkylation sites (N-methyl/N-ethyl adjacent to an activating group) is 1. The fourth-order valence-electron chi connectivity index (χ4n) is 12.6. The van der Waals surface area contributed by atoms with Gasteiger partial charge in [0.15, 0.2) is 0 Å². The summed E-state index contributed by atoms with van der Waals surface area (Å²) in [6, 6.07) is 20.7. The Morgan fingerprint density at radius 3 is 2.02 bits per heavy atom. The molecule has 6 rings (SSSR count). The molecule has 0 bridgehead atoms. The minimum atomic E-state index is -0.330. The maximum absolute atomic E-state index is 13.9. The predicted octanol–water partition coefficient (Wildman–Crippen LogP) is 24.0. The molecule has 1 heterocycles. The van der Waals surface area contributed by atoms with Crippen LogP contribution in [0.3, 0.4) is 0 Å². The van der Waals surface area contributed by atoms with Crippen molar-refractivity contribution in [2.24, 2.45) is 11.8 Å². The molecule has 1 radical (unpaired) electrons. The number of allylic oxidation sites excluding steroid dienone is 8. The molecular weight excluding hydrogens is 1250 g/mol. The summed E-state index contributed by atoms with van der Waals surface area (Å²) in [4.78, 5) is 29.4. The molecule has 3 atom stereocenters. The molecule has 9 nitrogen and oxygen atoms in total. The molecule has 1 aliphatic heterocycles. The molecule has 1 aliphatic carbocycles. The van der Waals surface area contributed by atoms with Gasteiger partial charge in [-0.2, -0.15) is 0 Å². The summed E-state index contributed by atoms with van der Waals surface area (Å²) < 4.78 is 38.3. The molecule has 4 aromatic carbocycles. The number of carbonyl (C=O) groups is 2. The first-order valence-electron chi connectivity index (χ1n) is 38.8. The van der Waals surface area contributed by atoms with Gasteiger partial charge in [-0.25, -0.2) is 4.39 Å². The Morgan fingerprint density at radius 2 is 1.44 bits per heavy atom. The van der Waals surface area contributed by atoms with Gasteiger partial charge in [0.05, 0.1) is 13.2 Å². The molecule has 3 unspecified atom stereocenters. The van der Waals surface area contributed by atoms with Crippen LogP contribution in [0.25, 0.3) is 27.6 Å². The maximum atomic E-state index is 13.9. The second-order valence-electron chi connectivity index (χ2n) is 26.3. The summed E-state index contributed by atoms with van der Waals surface area (Å²) in [6.45, 7) is 44.6. The molecule has 1 fully saturated rings. The first kappa shape index (κ1) is 89.2. The molecule has 99 heavy (non-hydrogen) atoms. The molecule has 0 aromatic heterocycles. The third-order valence-electron chi connectivity index (χ3n) is 18.5. The van der Waals surface area contributed by atoms with Gasteiger partial charge in [0.25, 0.3) is 0 Å². The van der Waals surface area contributed by atoms with Crippen LogP contribution in [-0.4, -0.2) is 94.3 Å². The van der Waals surface area contributed by atoms with Gasteiger partial charge in [-0.15, -0.1) is 0 Å². The molecule has 551 valence electrons. The number of fused-ring (bicyclic) bond motifs is 2. The Hall–Kier alpha value is -5.91. The Kier molecular flexibility index (Phi) is 46.9. The number of nitrogens with zero attached hydrogens (tertiary/aromatic N) is 2. The van der Waals surface area contributed by atoms with E-state index in [-0.39, 0.29) is 30.3 Å². The van der Waals surface area contributed by atoms with Crippen LogP contribution < -0.4 is 14.8 Å². The van der Waals surface area contributed by atoms with E-state index in [9.17, 15) is 14.0 Å². The minimum absolute atomic E-state index is 0.00667. The number of halogens is 2. The average Bonchev–Trinajstić information content (AvgIpc) is 1.72. The van der Waals surface area contributed by atoms with Gasteiger partial charge in [-0.1, -0.05) is 177 Å². The molecule has 1 saturated carbocycles. The number of ether oxygens (including phenoxy) is 4. The Bertz CT molecular complexity index is 3150. The van der Waals surface area contributed by atoms with Crippen LogP contribution in [-0.2, 0) is 25.6 Å². The fraction of sp³-hybridized carbons (Fsp3) is 0.598. The van der Waals surface area contributed by atoms with Crippen molar-refractivity contribution >= 4 is 64.5 Å². The van der Waals surface area contributed by atoms with Crippen LogP contribution in [0.15, 0.2) is 107 Å². The Balaban J connectivity index is 0.000000566. The molecule has 0 saturated heterocycles. The summed E-state index contributed by atoms with van der Waals surface area (Å²) in [5, 5.41) is 5.37. The molecule has 2 amide bonds. The zero-order valence-corrected chi connectivity index (χ0v) is 66.5. The number of benzene rings is 4. The van der Waals surface area contributed by atoms with E-state index < -0.39 is 0 Å². The van der Waals surface area contributed by atoms with Gasteiger partial charge in [-0.3, -0.25) is 0 Å². The molecule has 2 aliphatic rings. The normalized spacial score (nSPS) is 14.2. The number of hydrogen-bond acceptors (Lipinski definition) is 7. The molecule has 4 aromatic rings. The zero-order chi connectivity index (χ0) is 73.7. The van der Waals surface area contributed by atoms with Crippen LogP contribution in [0.5, 0.6) is 11.5 Å². The van der Waals surface area contributed by atoms with E-state index in [2.05, 4.69) is 151 Å². The van der Waals surface area contributed by atoms with Crippen molar-refractivity contribution in [3.05, 3.63) is 146 Å². The fourth-order valence-corrected chi connectivity index (χ4v) is 12.9. The third-order valence-corrected chi connectivity index (χ3v) is 18.8. The van der Waals surface area contributed by atoms with E-state index in [0.29, 0.717) is 37.7 Å². The number of nitrogens with one attached hydrogen (secondary N) is 1. The topological polar surface area (TPSA) is 89.6 Å². The van der Waals surface area contributed by atoms with E-state index in [1.807, 2.05) is 55.1 Å². The van der Waals surface area contributed by atoms with Crippen molar-refractivity contribution in [2.45, 2.75) is 278 Å². The van der Waals surface area contributed by atoms with Crippen molar-refractivity contribution in [1.82, 2.24) is 15.1 Å². The second kappa shape index (κ2) is 52.1. The van der Waals surface area contributed by atoms with Crippen molar-refractivity contribution in [1.29, 1.82) is 0 Å². The van der Waals surface area contributed by atoms with Gasteiger partial charge in [-0.05, 0) is 191 Å². The van der Waals surface area contributed by atoms with E-state index in [1.165, 1.54) is 95.6 Å². The SMILES string of the molecule is CC.CC/C=C(C)\C(=C(\C)C(C)CC)c1c(Cl)ccc(/C(CCCOc2cccc3cc(F)ccc23)=C(\CCC)C(OCCC)=C2CCC2)c1C.CCCC(C)CC.CCCCCOCCC.[B]=CCCC(C(=O)NC)N1Cc2c(OCC(=O)N(CCC)CCC)cccc2/C1=C\CC. The number of amides is 2. The zero-order valence-electron chi connectivity index (χ0n) is 65.7. The summed E-state index contributed by atoms with van der Waals surface area (Å²) in [7, 11) is 7.27. The molecule has 1 N–H and O–H groups in total. The van der Waals surface area contributed by atoms with Gasteiger partial charge in [0, 0.05) is 42.3 Å². The summed E-state index contributed by atoms with van der Waals surface area (Å²) >= 11 is 7.19. The van der Waals surface area contributed by atoms with Gasteiger partial charge < -0.3 is 14.2 Å². The summed E-state index contributed by atoms with van der Waals surface area (Å²) in [5.41, 5.74) is 14.8. The summed E-state index contributed by atoms with van der Waals surface area (Å²) in [6.07, 6.45) is 27.6. The van der Waals surface area contributed by atoms with E-state index >= 15 is 0 Å². The monoisotopic (exact) mass is 1380 g/mol. The number of unbranched alkanes of at least 4 members (excludes halogenated alkanes) is 2. The van der Waals surface area contributed by atoms with Gasteiger partial charge in [0.2, 0.25) is 0 Å². The number of hydrogen-bond donors (Lipinski definition) is 1. The molecule has 0 spiro atoms. The standard InChI is InChI=1S/C45H58ClFO2.C25H37BN3O3.C8H18O.C7H16.C2H6/c1-9-16-31(6)43(32(7)30(5)12-4)44-33(8)37(25-26-41(44)46)39(40(17-10-2)45(49-27-11-3)34-18-13-19-34)21-15-28-48-42-22-14-20-35-29-36(47)23-24-38(35)42;1-5-10-21-19-11-8-13-23(32-18-24(30)28(15-6-2)16-7-3)20(19)17-29(21)22(12-9-14-26)25(31)27-4;1-3-5-6-8-9-7-4-2;1-4-6-7(3)5-2;1-2/h14,16,20,22-26,29-30H,9-13,15,17-19,21,27-28H2,1-8H3;8,10-11,13-14,22H,5-7,9,12,15-18H2,1-4H3,(H,27,31);3-8H2,1-2H3;7H,4-6H2,1-3H3;1-2H3/b31-16-,40-39+,43-32+;21-10+;;;. The second-order valence-corrected chi connectivity index (χ2v) is 26.7. The Labute approximate surface area is 609 Å². The van der Waals surface area contributed by atoms with Crippen LogP contribution in [0.1, 0.15) is 287 Å². The predicted molar refractivity (Wildman–Crippen MR) is 428 cm³/mol. The first-order valence-corrected chi connectivity index (χ1v) is 39.2. The third kappa shape index (κ3) is 29.2. The van der Waals surface area contributed by atoms with Gasteiger partial charge >= 0.3 is 154 Å². The van der Waals surface area contributed by atoms with Crippen LogP contribution in [0.2, 0.25) is 5.02 Å². The van der Waals surface area contributed by atoms with Gasteiger partial charge in [0.1, 0.15) is 17.3 Å². The van der Waals surface area contributed by atoms with E-state index in [1.54, 1.807) is 19.1 Å². The molecule has 12 heteroatoms. The van der Waals surface area contributed by atoms with Crippen molar-refractivity contribution in [3.8, 4) is 11.5 Å². The number of rotatable bonds is 39. The molecular formula is C87H135BClFN3O6. The van der Waals surface area contributed by atoms with Crippen molar-refractivity contribution < 1.29 is 32.9 Å². The quantitative estimate of drug-likeness (QED) is 0.0206. The number of carbonyl (C=O) groups excluding carboxylic acids is 2. The first-order chi connectivity index (χ1) is 47.9. The van der Waals surface area contributed by atoms with Crippen LogP contribution in [0, 0.1) is 24.6 Å². The summed E-state index contributed by atoms with van der Waals surface area (Å²) in [5.74, 6) is 5.35. The van der Waals surface area contributed by atoms with E-state index in [4.69, 9.17) is 38.0 Å². The van der Waals surface area contributed by atoms with Crippen LogP contribution >= 0.6 is 11.6 Å². The van der Waals surface area contributed by atoms with Crippen molar-refractivity contribution in [2.75, 3.05) is 53.2 Å².